The number of nitrogens with zero attached hydrogens (tertiary/aromatic N) is 1. The zero-order valence-corrected chi connectivity index (χ0v) is 9.04. The van der Waals surface area contributed by atoms with Gasteiger partial charge in [-0.25, -0.2) is 0 Å². The predicted molar refractivity (Wildman–Crippen MR) is 56.1 cm³/mol. The summed E-state index contributed by atoms with van der Waals surface area (Å²) < 4.78 is 0. The molecular weight excluding hydrogens is 174 g/mol. The van der Waals surface area contributed by atoms with Crippen LogP contribution in [0.4, 0.5) is 0 Å². The number of hydrogen-bond donors (Lipinski definition) is 1. The van der Waals surface area contributed by atoms with Gasteiger partial charge in [0.05, 0.1) is 6.61 Å². The monoisotopic (exact) mass is 191 g/mol. The standard InChI is InChI=1S/C12H17NO/c1-9-5-4-6-10(13-9)12(8-14)7-11(12,2)3/h4-6,14H,7-8H2,1-3H3. The Morgan fingerprint density at radius 1 is 1.43 bits per heavy atom. The van der Waals surface area contributed by atoms with Crippen molar-refractivity contribution in [3.8, 4) is 0 Å². The molecule has 1 unspecified atom stereocenters. The van der Waals surface area contributed by atoms with Crippen LogP contribution >= 0.6 is 0 Å². The third-order valence-electron chi connectivity index (χ3n) is 3.56. The van der Waals surface area contributed by atoms with E-state index in [2.05, 4.69) is 18.8 Å². The third-order valence-corrected chi connectivity index (χ3v) is 3.56. The summed E-state index contributed by atoms with van der Waals surface area (Å²) in [5, 5.41) is 9.50. The van der Waals surface area contributed by atoms with E-state index in [1.807, 2.05) is 25.1 Å². The highest BCUT2D eigenvalue weighted by Crippen LogP contribution is 2.63. The summed E-state index contributed by atoms with van der Waals surface area (Å²) in [6.07, 6.45) is 1.03. The first-order valence-electron chi connectivity index (χ1n) is 5.07. The second-order valence-corrected chi connectivity index (χ2v) is 4.97. The molecule has 0 radical (unpaired) electrons. The Bertz CT molecular complexity index is 359. The Balaban J connectivity index is 2.40. The molecule has 1 aromatic heterocycles. The van der Waals surface area contributed by atoms with Crippen molar-refractivity contribution in [1.82, 2.24) is 4.98 Å². The fraction of sp³-hybridized carbons (Fsp3) is 0.583. The molecule has 0 saturated heterocycles. The fourth-order valence-corrected chi connectivity index (χ4v) is 2.31. The Morgan fingerprint density at radius 2 is 2.07 bits per heavy atom. The van der Waals surface area contributed by atoms with Gasteiger partial charge < -0.3 is 5.11 Å². The molecule has 1 saturated carbocycles. The molecule has 2 rings (SSSR count). The van der Waals surface area contributed by atoms with E-state index in [-0.39, 0.29) is 17.4 Å². The summed E-state index contributed by atoms with van der Waals surface area (Å²) in [5.74, 6) is 0. The Hall–Kier alpha value is -0.890. The van der Waals surface area contributed by atoms with Gasteiger partial charge in [0.1, 0.15) is 0 Å². The highest BCUT2D eigenvalue weighted by atomic mass is 16.3. The van der Waals surface area contributed by atoms with Crippen LogP contribution in [0.15, 0.2) is 18.2 Å². The van der Waals surface area contributed by atoms with Crippen molar-refractivity contribution in [1.29, 1.82) is 0 Å². The van der Waals surface area contributed by atoms with E-state index >= 15 is 0 Å². The van der Waals surface area contributed by atoms with Crippen LogP contribution in [0.25, 0.3) is 0 Å². The first-order chi connectivity index (χ1) is 6.52. The molecular formula is C12H17NO. The molecule has 0 aliphatic heterocycles. The summed E-state index contributed by atoms with van der Waals surface area (Å²) in [6, 6.07) is 6.03. The predicted octanol–water partition coefficient (Wildman–Crippen LogP) is 2.05. The van der Waals surface area contributed by atoms with Crippen molar-refractivity contribution < 1.29 is 5.11 Å². The number of pyridine rings is 1. The number of hydrogen-bond acceptors (Lipinski definition) is 2. The van der Waals surface area contributed by atoms with Crippen molar-refractivity contribution in [2.24, 2.45) is 5.41 Å². The van der Waals surface area contributed by atoms with Crippen molar-refractivity contribution in [3.63, 3.8) is 0 Å². The minimum Gasteiger partial charge on any atom is -0.395 e. The summed E-state index contributed by atoms with van der Waals surface area (Å²) in [6.45, 7) is 6.57. The number of aliphatic hydroxyl groups is 1. The van der Waals surface area contributed by atoms with Gasteiger partial charge in [0, 0.05) is 16.8 Å². The summed E-state index contributed by atoms with van der Waals surface area (Å²) in [5.41, 5.74) is 2.18. The second kappa shape index (κ2) is 2.80. The number of rotatable bonds is 2. The molecule has 1 heterocycles. The van der Waals surface area contributed by atoms with Crippen molar-refractivity contribution in [3.05, 3.63) is 29.6 Å². The number of aryl methyl sites for hydroxylation is 1. The molecule has 1 fully saturated rings. The summed E-state index contributed by atoms with van der Waals surface area (Å²) in [4.78, 5) is 4.51. The molecule has 2 heteroatoms. The lowest BCUT2D eigenvalue weighted by molar-refractivity contribution is 0.228. The molecule has 1 aliphatic carbocycles. The van der Waals surface area contributed by atoms with Crippen molar-refractivity contribution >= 4 is 0 Å². The van der Waals surface area contributed by atoms with Crippen LogP contribution in [0, 0.1) is 12.3 Å². The van der Waals surface area contributed by atoms with Gasteiger partial charge in [-0.3, -0.25) is 4.98 Å². The minimum absolute atomic E-state index is 0.0843. The number of aliphatic hydroxyl groups excluding tert-OH is 1. The molecule has 0 amide bonds. The average molecular weight is 191 g/mol. The maximum absolute atomic E-state index is 9.50. The Kier molecular flexibility index (Phi) is 1.93. The largest absolute Gasteiger partial charge is 0.395 e. The molecule has 2 nitrogen and oxygen atoms in total. The molecule has 14 heavy (non-hydrogen) atoms. The SMILES string of the molecule is Cc1cccc(C2(CO)CC2(C)C)n1. The smallest absolute Gasteiger partial charge is 0.0548 e. The van der Waals surface area contributed by atoms with Gasteiger partial charge in [-0.15, -0.1) is 0 Å². The lowest BCUT2D eigenvalue weighted by Crippen LogP contribution is -2.20. The van der Waals surface area contributed by atoms with E-state index in [1.165, 1.54) is 0 Å². The van der Waals surface area contributed by atoms with E-state index in [0.717, 1.165) is 17.8 Å². The molecule has 1 aliphatic rings. The molecule has 0 bridgehead atoms. The third kappa shape index (κ3) is 1.17. The van der Waals surface area contributed by atoms with Crippen molar-refractivity contribution in [2.75, 3.05) is 6.61 Å². The van der Waals surface area contributed by atoms with Gasteiger partial charge in [-0.1, -0.05) is 19.9 Å². The van der Waals surface area contributed by atoms with Crippen LogP contribution < -0.4 is 0 Å². The van der Waals surface area contributed by atoms with Gasteiger partial charge in [0.25, 0.3) is 0 Å². The maximum atomic E-state index is 9.50. The zero-order valence-electron chi connectivity index (χ0n) is 9.04. The van der Waals surface area contributed by atoms with Crippen LogP contribution in [-0.2, 0) is 5.41 Å². The topological polar surface area (TPSA) is 33.1 Å². The molecule has 1 aromatic rings. The highest BCUT2D eigenvalue weighted by Gasteiger charge is 2.62. The van der Waals surface area contributed by atoms with E-state index in [4.69, 9.17) is 0 Å². The van der Waals surface area contributed by atoms with Crippen LogP contribution in [0.3, 0.4) is 0 Å². The van der Waals surface area contributed by atoms with Gasteiger partial charge in [-0.2, -0.15) is 0 Å². The van der Waals surface area contributed by atoms with Crippen LogP contribution in [-0.4, -0.2) is 16.7 Å². The van der Waals surface area contributed by atoms with E-state index in [1.54, 1.807) is 0 Å². The Labute approximate surface area is 85.0 Å². The summed E-state index contributed by atoms with van der Waals surface area (Å²) >= 11 is 0. The van der Waals surface area contributed by atoms with Crippen LogP contribution in [0.5, 0.6) is 0 Å². The van der Waals surface area contributed by atoms with Crippen LogP contribution in [0.1, 0.15) is 31.7 Å². The van der Waals surface area contributed by atoms with Crippen LogP contribution in [0.2, 0.25) is 0 Å². The molecule has 76 valence electrons. The summed E-state index contributed by atoms with van der Waals surface area (Å²) in [7, 11) is 0. The minimum atomic E-state index is -0.0843. The maximum Gasteiger partial charge on any atom is 0.0548 e. The first kappa shape index (κ1) is 9.66. The van der Waals surface area contributed by atoms with E-state index in [0.29, 0.717) is 0 Å². The van der Waals surface area contributed by atoms with E-state index in [9.17, 15) is 5.11 Å². The second-order valence-electron chi connectivity index (χ2n) is 4.97. The van der Waals surface area contributed by atoms with Crippen molar-refractivity contribution in [2.45, 2.75) is 32.6 Å². The molecule has 0 aromatic carbocycles. The molecule has 1 N–H and O–H groups in total. The normalized spacial score (nSPS) is 28.9. The molecule has 0 spiro atoms. The fourth-order valence-electron chi connectivity index (χ4n) is 2.31. The lowest BCUT2D eigenvalue weighted by atomic mass is 9.92. The van der Waals surface area contributed by atoms with Gasteiger partial charge in [0.2, 0.25) is 0 Å². The van der Waals surface area contributed by atoms with Gasteiger partial charge in [0.15, 0.2) is 0 Å². The first-order valence-corrected chi connectivity index (χ1v) is 5.07. The Morgan fingerprint density at radius 3 is 2.50 bits per heavy atom. The average Bonchev–Trinajstić information content (AvgIpc) is 2.70. The van der Waals surface area contributed by atoms with Gasteiger partial charge in [-0.05, 0) is 30.9 Å². The van der Waals surface area contributed by atoms with E-state index < -0.39 is 0 Å². The number of aromatic nitrogens is 1. The quantitative estimate of drug-likeness (QED) is 0.776. The zero-order chi connectivity index (χ0) is 10.4. The van der Waals surface area contributed by atoms with Gasteiger partial charge >= 0.3 is 0 Å². The highest BCUT2D eigenvalue weighted by molar-refractivity contribution is 5.32. The lowest BCUT2D eigenvalue weighted by Gasteiger charge is -2.17. The molecule has 1 atom stereocenters.